The minimum absolute atomic E-state index is 0.346. The van der Waals surface area contributed by atoms with E-state index in [4.69, 9.17) is 0 Å². The van der Waals surface area contributed by atoms with Crippen LogP contribution in [0.4, 0.5) is 0 Å². The fourth-order valence-corrected chi connectivity index (χ4v) is 13.3. The van der Waals surface area contributed by atoms with Crippen LogP contribution >= 0.6 is 0 Å². The molecule has 2 N–H and O–H groups in total. The molecule has 0 saturated heterocycles. The maximum atomic E-state index is 14.1. The number of hydrogen-bond donors (Lipinski definition) is 2. The zero-order chi connectivity index (χ0) is 40.6. The molecule has 0 bridgehead atoms. The third-order valence-corrected chi connectivity index (χ3v) is 15.7. The number of hydrogen-bond acceptors (Lipinski definition) is 2. The zero-order valence-electron chi connectivity index (χ0n) is 33.8. The van der Waals surface area contributed by atoms with E-state index >= 15 is 0 Å². The molecule has 62 heavy (non-hydrogen) atoms. The third-order valence-electron chi connectivity index (χ3n) is 15.7. The summed E-state index contributed by atoms with van der Waals surface area (Å²) >= 11 is 0. The quantitative estimate of drug-likeness (QED) is 0.183. The van der Waals surface area contributed by atoms with Crippen LogP contribution in [0.15, 0.2) is 182 Å². The number of benzene rings is 9. The number of aliphatic hydroxyl groups is 2. The van der Waals surface area contributed by atoms with Gasteiger partial charge in [-0.25, -0.2) is 0 Å². The lowest BCUT2D eigenvalue weighted by Gasteiger charge is -2.35. The van der Waals surface area contributed by atoms with Crippen molar-refractivity contribution in [1.82, 2.24) is 0 Å². The highest BCUT2D eigenvalue weighted by Crippen LogP contribution is 2.66. The summed E-state index contributed by atoms with van der Waals surface area (Å²) in [7, 11) is 0. The molecule has 0 heterocycles. The Morgan fingerprint density at radius 1 is 0.274 bits per heavy atom. The molecule has 0 saturated carbocycles. The molecule has 2 nitrogen and oxygen atoms in total. The van der Waals surface area contributed by atoms with Crippen molar-refractivity contribution in [2.45, 2.75) is 35.9 Å². The van der Waals surface area contributed by atoms with Gasteiger partial charge in [-0.1, -0.05) is 146 Å². The highest BCUT2D eigenvalue weighted by molar-refractivity contribution is 5.95. The van der Waals surface area contributed by atoms with Gasteiger partial charge in [0.25, 0.3) is 0 Å². The van der Waals surface area contributed by atoms with Gasteiger partial charge in [-0.05, 0) is 183 Å². The molecule has 0 spiro atoms. The molecule has 4 unspecified atom stereocenters. The summed E-state index contributed by atoms with van der Waals surface area (Å²) in [5.74, 6) is -0.692. The molecule has 9 aromatic carbocycles. The molecule has 0 amide bonds. The fourth-order valence-electron chi connectivity index (χ4n) is 13.3. The highest BCUT2D eigenvalue weighted by Gasteiger charge is 2.56. The minimum atomic E-state index is -1.38. The first-order valence-corrected chi connectivity index (χ1v) is 22.0. The topological polar surface area (TPSA) is 40.5 Å². The Kier molecular flexibility index (Phi) is 6.19. The Labute approximate surface area is 360 Å². The van der Waals surface area contributed by atoms with Crippen LogP contribution in [0.1, 0.15) is 78.6 Å². The van der Waals surface area contributed by atoms with E-state index < -0.39 is 11.2 Å². The summed E-state index contributed by atoms with van der Waals surface area (Å²) in [6.07, 6.45) is 1.84. The van der Waals surface area contributed by atoms with Crippen LogP contribution in [-0.2, 0) is 24.0 Å². The lowest BCUT2D eigenvalue weighted by atomic mass is 9.72. The second-order valence-corrected chi connectivity index (χ2v) is 18.5. The van der Waals surface area contributed by atoms with E-state index in [9.17, 15) is 10.2 Å². The third kappa shape index (κ3) is 3.91. The van der Waals surface area contributed by atoms with Gasteiger partial charge in [-0.2, -0.15) is 0 Å². The molecule has 0 aliphatic heterocycles. The summed E-state index contributed by atoms with van der Waals surface area (Å²) < 4.78 is 0. The van der Waals surface area contributed by atoms with Gasteiger partial charge in [0, 0.05) is 11.8 Å². The van der Waals surface area contributed by atoms with E-state index in [-0.39, 0.29) is 11.8 Å². The van der Waals surface area contributed by atoms with Crippen molar-refractivity contribution >= 4 is 0 Å². The van der Waals surface area contributed by atoms with E-state index in [1.54, 1.807) is 0 Å². The van der Waals surface area contributed by atoms with Crippen molar-refractivity contribution in [3.8, 4) is 66.8 Å². The predicted octanol–water partition coefficient (Wildman–Crippen LogP) is 12.9. The van der Waals surface area contributed by atoms with Crippen LogP contribution in [0.25, 0.3) is 66.8 Å². The Morgan fingerprint density at radius 3 is 1.10 bits per heavy atom. The number of fused-ring (bicyclic) bond motifs is 18. The van der Waals surface area contributed by atoms with Crippen molar-refractivity contribution in [3.63, 3.8) is 0 Å². The van der Waals surface area contributed by atoms with Crippen LogP contribution in [-0.4, -0.2) is 10.2 Å². The lowest BCUT2D eigenvalue weighted by Crippen LogP contribution is -2.34. The second-order valence-electron chi connectivity index (χ2n) is 18.5. The van der Waals surface area contributed by atoms with E-state index in [0.29, 0.717) is 0 Å². The van der Waals surface area contributed by atoms with Gasteiger partial charge < -0.3 is 10.2 Å². The first-order valence-electron chi connectivity index (χ1n) is 22.0. The van der Waals surface area contributed by atoms with Crippen molar-refractivity contribution in [3.05, 3.63) is 249 Å². The molecular weight excluding hydrogens is 753 g/mol. The molecule has 4 atom stereocenters. The zero-order valence-corrected chi connectivity index (χ0v) is 33.8. The Morgan fingerprint density at radius 2 is 0.645 bits per heavy atom. The average molecular weight is 791 g/mol. The van der Waals surface area contributed by atoms with Crippen LogP contribution in [0, 0.1) is 0 Å². The van der Waals surface area contributed by atoms with Crippen LogP contribution < -0.4 is 0 Å². The molecular formula is C60H38O2. The smallest absolute Gasteiger partial charge is 0.127 e. The van der Waals surface area contributed by atoms with Gasteiger partial charge in [0.15, 0.2) is 0 Å². The summed E-state index contributed by atoms with van der Waals surface area (Å²) in [6, 6.07) is 66.0. The molecule has 0 fully saturated rings. The average Bonchev–Trinajstić information content (AvgIpc) is 4.14. The van der Waals surface area contributed by atoms with E-state index in [1.165, 1.54) is 66.8 Å². The fraction of sp³-hybridized carbons (Fsp3) is 0.100. The molecule has 0 radical (unpaired) electrons. The Balaban J connectivity index is 0.978. The van der Waals surface area contributed by atoms with Crippen LogP contribution in [0.3, 0.4) is 0 Å². The second kappa shape index (κ2) is 11.4. The maximum Gasteiger partial charge on any atom is 0.127 e. The molecule has 2 heteroatoms. The summed E-state index contributed by atoms with van der Waals surface area (Å²) in [5, 5.41) is 28.2. The van der Waals surface area contributed by atoms with Crippen LogP contribution in [0.5, 0.6) is 0 Å². The van der Waals surface area contributed by atoms with E-state index in [1.807, 2.05) is 0 Å². The molecule has 290 valence electrons. The summed E-state index contributed by atoms with van der Waals surface area (Å²) in [4.78, 5) is 0. The molecule has 6 aliphatic rings. The predicted molar refractivity (Wildman–Crippen MR) is 247 cm³/mol. The van der Waals surface area contributed by atoms with Crippen LogP contribution in [0.2, 0.25) is 0 Å². The minimum Gasteiger partial charge on any atom is -0.379 e. The molecule has 0 aromatic heterocycles. The first-order chi connectivity index (χ1) is 30.5. The summed E-state index contributed by atoms with van der Waals surface area (Å²) in [6.45, 7) is 0. The Hall–Kier alpha value is -7.10. The molecule has 9 aromatic rings. The van der Waals surface area contributed by atoms with Crippen molar-refractivity contribution in [1.29, 1.82) is 0 Å². The SMILES string of the molecule is OC1(C2c3ccccc3-c3cc4c(cc32)-c2ccccc2C4)c2ccccc2-c2cc3c(cc21)-c1ccccc1C3(O)C1c2ccccc2-c2cc3c(cc21)-c1ccccc1C3. The standard InChI is InChI=1S/C60H38O2/c61-59(57-43-21-7-5-17-39(43)47-27-35-25-33-13-1-3-15-37(33)45(35)29-51(47)57)53-23-11-9-19-41(53)49-32-56-50(31-55(49)59)42-20-10-12-24-54(42)60(56,62)58-44-22-8-6-18-40(44)48-28-36-26-34-14-2-4-16-38(34)46(36)30-52(48)58/h1-24,27-32,57-58,61-62H,25-26H2. The van der Waals surface area contributed by atoms with Gasteiger partial charge in [-0.15, -0.1) is 0 Å². The largest absolute Gasteiger partial charge is 0.379 e. The number of rotatable bonds is 2. The van der Waals surface area contributed by atoms with E-state index in [2.05, 4.69) is 182 Å². The van der Waals surface area contributed by atoms with Crippen molar-refractivity contribution in [2.75, 3.05) is 0 Å². The maximum absolute atomic E-state index is 14.1. The summed E-state index contributed by atoms with van der Waals surface area (Å²) in [5.41, 5.74) is 24.8. The van der Waals surface area contributed by atoms with Gasteiger partial charge in [-0.3, -0.25) is 0 Å². The Bertz CT molecular complexity index is 3300. The molecule has 15 rings (SSSR count). The normalized spacial score (nSPS) is 21.4. The van der Waals surface area contributed by atoms with E-state index in [0.717, 1.165) is 79.6 Å². The lowest BCUT2D eigenvalue weighted by molar-refractivity contribution is 0.0661. The van der Waals surface area contributed by atoms with Gasteiger partial charge in [0.1, 0.15) is 11.2 Å². The first kappa shape index (κ1) is 33.6. The highest BCUT2D eigenvalue weighted by atomic mass is 16.3. The van der Waals surface area contributed by atoms with Gasteiger partial charge in [0.2, 0.25) is 0 Å². The van der Waals surface area contributed by atoms with Gasteiger partial charge in [0.05, 0.1) is 0 Å². The monoisotopic (exact) mass is 790 g/mol. The van der Waals surface area contributed by atoms with Crippen molar-refractivity contribution in [2.24, 2.45) is 0 Å². The van der Waals surface area contributed by atoms with Gasteiger partial charge >= 0.3 is 0 Å². The molecule has 6 aliphatic carbocycles. The van der Waals surface area contributed by atoms with Crippen molar-refractivity contribution < 1.29 is 10.2 Å².